The Morgan fingerprint density at radius 3 is 2.32 bits per heavy atom. The topological polar surface area (TPSA) is 55.1 Å². The maximum Gasteiger partial charge on any atom is 0.338 e. The Balaban J connectivity index is 2.03. The number of nitrogens with zero attached hydrogens (tertiary/aromatic N) is 2. The molecule has 1 aromatic heterocycles. The average molecular weight is 333 g/mol. The third-order valence-electron chi connectivity index (χ3n) is 3.19. The van der Waals surface area contributed by atoms with E-state index in [2.05, 4.69) is 4.98 Å². The Labute approximate surface area is 136 Å². The van der Waals surface area contributed by atoms with Crippen LogP contribution in [0.5, 0.6) is 0 Å². The van der Waals surface area contributed by atoms with Gasteiger partial charge in [0.1, 0.15) is 0 Å². The number of rotatable bonds is 3. The van der Waals surface area contributed by atoms with Crippen LogP contribution in [-0.2, 0) is 0 Å². The third kappa shape index (κ3) is 2.71. The predicted molar refractivity (Wildman–Crippen MR) is 86.0 cm³/mol. The summed E-state index contributed by atoms with van der Waals surface area (Å²) in [5, 5.41) is 9.25. The number of aromatic nitrogens is 2. The number of carbonyl (C=O) groups is 1. The van der Waals surface area contributed by atoms with Gasteiger partial charge in [0.15, 0.2) is 0 Å². The Morgan fingerprint density at radius 2 is 1.73 bits per heavy atom. The van der Waals surface area contributed by atoms with Crippen molar-refractivity contribution in [3.8, 4) is 16.9 Å². The van der Waals surface area contributed by atoms with Gasteiger partial charge >= 0.3 is 5.97 Å². The molecule has 1 N–H and O–H groups in total. The Bertz CT molecular complexity index is 821. The summed E-state index contributed by atoms with van der Waals surface area (Å²) in [6.45, 7) is 0. The molecule has 0 amide bonds. The van der Waals surface area contributed by atoms with Gasteiger partial charge in [-0.1, -0.05) is 53.5 Å². The number of halogens is 2. The molecule has 3 aromatic rings. The van der Waals surface area contributed by atoms with Crippen LogP contribution in [0.4, 0.5) is 0 Å². The number of hydrogen-bond donors (Lipinski definition) is 1. The van der Waals surface area contributed by atoms with E-state index >= 15 is 0 Å². The van der Waals surface area contributed by atoms with Gasteiger partial charge in [-0.2, -0.15) is 0 Å². The molecule has 0 spiro atoms. The van der Waals surface area contributed by atoms with Gasteiger partial charge in [0.2, 0.25) is 0 Å². The first-order valence-corrected chi connectivity index (χ1v) is 7.14. The molecule has 0 radical (unpaired) electrons. The highest BCUT2D eigenvalue weighted by molar-refractivity contribution is 6.39. The van der Waals surface area contributed by atoms with Crippen molar-refractivity contribution in [1.82, 2.24) is 9.55 Å². The third-order valence-corrected chi connectivity index (χ3v) is 3.79. The number of benzene rings is 2. The molecule has 4 nitrogen and oxygen atoms in total. The van der Waals surface area contributed by atoms with Crippen LogP contribution in [0.1, 0.15) is 10.4 Å². The first kappa shape index (κ1) is 14.6. The summed E-state index contributed by atoms with van der Waals surface area (Å²) in [6.07, 6.45) is 3.46. The first-order valence-electron chi connectivity index (χ1n) is 6.38. The van der Waals surface area contributed by atoms with Gasteiger partial charge < -0.3 is 9.67 Å². The van der Waals surface area contributed by atoms with Crippen LogP contribution in [-0.4, -0.2) is 20.6 Å². The van der Waals surface area contributed by atoms with E-state index in [9.17, 15) is 4.79 Å². The van der Waals surface area contributed by atoms with Crippen molar-refractivity contribution >= 4 is 29.2 Å². The number of hydrogen-bond acceptors (Lipinski definition) is 2. The molecule has 22 heavy (non-hydrogen) atoms. The molecular weight excluding hydrogens is 323 g/mol. The van der Waals surface area contributed by atoms with Gasteiger partial charge in [0, 0.05) is 17.4 Å². The summed E-state index contributed by atoms with van der Waals surface area (Å²) in [5.74, 6) is -1.16. The van der Waals surface area contributed by atoms with E-state index in [1.54, 1.807) is 23.0 Å². The molecule has 0 saturated carbocycles. The largest absolute Gasteiger partial charge is 0.478 e. The maximum atomic E-state index is 11.1. The van der Waals surface area contributed by atoms with Gasteiger partial charge in [-0.25, -0.2) is 9.78 Å². The van der Waals surface area contributed by atoms with Gasteiger partial charge in [0.25, 0.3) is 0 Å². The standard InChI is InChI=1S/C16H10Cl2N2O2/c17-12-6-11(7-13(18)15(12)16(21)22)20-8-14(19-9-20)10-4-2-1-3-5-10/h1-9H,(H,21,22). The zero-order chi connectivity index (χ0) is 15.7. The molecule has 0 aliphatic heterocycles. The highest BCUT2D eigenvalue weighted by atomic mass is 35.5. The summed E-state index contributed by atoms with van der Waals surface area (Å²) < 4.78 is 1.74. The van der Waals surface area contributed by atoms with E-state index in [0.717, 1.165) is 11.3 Å². The second-order valence-electron chi connectivity index (χ2n) is 4.62. The molecule has 6 heteroatoms. The van der Waals surface area contributed by atoms with Crippen molar-refractivity contribution in [1.29, 1.82) is 0 Å². The highest BCUT2D eigenvalue weighted by Crippen LogP contribution is 2.29. The average Bonchev–Trinajstić information content (AvgIpc) is 2.97. The summed E-state index contributed by atoms with van der Waals surface area (Å²) in [6, 6.07) is 12.8. The second-order valence-corrected chi connectivity index (χ2v) is 5.44. The second kappa shape index (κ2) is 5.83. The molecule has 110 valence electrons. The summed E-state index contributed by atoms with van der Waals surface area (Å²) in [4.78, 5) is 15.4. The lowest BCUT2D eigenvalue weighted by atomic mass is 10.2. The summed E-state index contributed by atoms with van der Waals surface area (Å²) >= 11 is 12.0. The highest BCUT2D eigenvalue weighted by Gasteiger charge is 2.15. The van der Waals surface area contributed by atoms with Crippen LogP contribution in [0, 0.1) is 0 Å². The Hall–Kier alpha value is -2.30. The zero-order valence-corrected chi connectivity index (χ0v) is 12.7. The molecule has 3 rings (SSSR count). The van der Waals surface area contributed by atoms with Crippen LogP contribution >= 0.6 is 23.2 Å². The molecule has 0 aliphatic carbocycles. The van der Waals surface area contributed by atoms with Crippen molar-refractivity contribution in [3.05, 3.63) is 70.6 Å². The van der Waals surface area contributed by atoms with Crippen molar-refractivity contribution < 1.29 is 9.90 Å². The lowest BCUT2D eigenvalue weighted by Gasteiger charge is -2.07. The monoisotopic (exact) mass is 332 g/mol. The van der Waals surface area contributed by atoms with Gasteiger partial charge in [-0.05, 0) is 12.1 Å². The van der Waals surface area contributed by atoms with Crippen LogP contribution in [0.3, 0.4) is 0 Å². The van der Waals surface area contributed by atoms with Gasteiger partial charge in [0.05, 0.1) is 27.6 Å². The molecule has 0 bridgehead atoms. The minimum absolute atomic E-state index is 0.0879. The SMILES string of the molecule is O=C(O)c1c(Cl)cc(-n2cnc(-c3ccccc3)c2)cc1Cl. The molecule has 0 unspecified atom stereocenters. The van der Waals surface area contributed by atoms with Crippen LogP contribution in [0.2, 0.25) is 10.0 Å². The lowest BCUT2D eigenvalue weighted by molar-refractivity contribution is 0.0697. The van der Waals surface area contributed by atoms with E-state index in [0.29, 0.717) is 5.69 Å². The predicted octanol–water partition coefficient (Wildman–Crippen LogP) is 4.54. The van der Waals surface area contributed by atoms with E-state index in [1.165, 1.54) is 0 Å². The van der Waals surface area contributed by atoms with Crippen LogP contribution < -0.4 is 0 Å². The Morgan fingerprint density at radius 1 is 1.09 bits per heavy atom. The van der Waals surface area contributed by atoms with Crippen molar-refractivity contribution in [2.75, 3.05) is 0 Å². The fraction of sp³-hybridized carbons (Fsp3) is 0. The molecule has 1 heterocycles. The van der Waals surface area contributed by atoms with Gasteiger partial charge in [-0.15, -0.1) is 0 Å². The van der Waals surface area contributed by atoms with Crippen molar-refractivity contribution in [3.63, 3.8) is 0 Å². The van der Waals surface area contributed by atoms with Crippen LogP contribution in [0.25, 0.3) is 16.9 Å². The molecular formula is C16H10Cl2N2O2. The normalized spacial score (nSPS) is 10.6. The van der Waals surface area contributed by atoms with Crippen molar-refractivity contribution in [2.24, 2.45) is 0 Å². The Kier molecular flexibility index (Phi) is 3.88. The number of aromatic carboxylic acids is 1. The smallest absolute Gasteiger partial charge is 0.338 e. The molecule has 2 aromatic carbocycles. The minimum atomic E-state index is -1.16. The zero-order valence-electron chi connectivity index (χ0n) is 11.2. The lowest BCUT2D eigenvalue weighted by Crippen LogP contribution is -2.01. The van der Waals surface area contributed by atoms with E-state index in [-0.39, 0.29) is 15.6 Å². The van der Waals surface area contributed by atoms with Crippen LogP contribution in [0.15, 0.2) is 55.0 Å². The number of carboxylic acids is 1. The summed E-state index contributed by atoms with van der Waals surface area (Å²) in [7, 11) is 0. The van der Waals surface area contributed by atoms with Crippen molar-refractivity contribution in [2.45, 2.75) is 0 Å². The molecule has 0 fully saturated rings. The quantitative estimate of drug-likeness (QED) is 0.765. The van der Waals surface area contributed by atoms with E-state index in [4.69, 9.17) is 28.3 Å². The minimum Gasteiger partial charge on any atom is -0.478 e. The van der Waals surface area contributed by atoms with E-state index < -0.39 is 5.97 Å². The molecule has 0 aliphatic rings. The fourth-order valence-corrected chi connectivity index (χ4v) is 2.77. The number of carboxylic acid groups (broad SMARTS) is 1. The molecule has 0 atom stereocenters. The van der Waals surface area contributed by atoms with E-state index in [1.807, 2.05) is 36.5 Å². The number of imidazole rings is 1. The first-order chi connectivity index (χ1) is 10.6. The summed E-state index contributed by atoms with van der Waals surface area (Å²) in [5.41, 5.74) is 2.33. The van der Waals surface area contributed by atoms with Gasteiger partial charge in [-0.3, -0.25) is 0 Å². The maximum absolute atomic E-state index is 11.1. The molecule has 0 saturated heterocycles. The fourth-order valence-electron chi connectivity index (χ4n) is 2.14.